The predicted octanol–water partition coefficient (Wildman–Crippen LogP) is 7.78. The third kappa shape index (κ3) is 11.3. The van der Waals surface area contributed by atoms with E-state index in [-0.39, 0.29) is 41.3 Å². The molecule has 0 radical (unpaired) electrons. The molecule has 0 aliphatic heterocycles. The number of rotatable bonds is 12. The number of carbonyl (C=O) groups excluding carboxylic acids is 4. The van der Waals surface area contributed by atoms with Gasteiger partial charge in [0.1, 0.15) is 17.5 Å². The topological polar surface area (TPSA) is 135 Å². The van der Waals surface area contributed by atoms with E-state index in [0.717, 1.165) is 76.3 Å². The number of nitrogens with one attached hydrogen (secondary N) is 4. The lowest BCUT2D eigenvalue weighted by molar-refractivity contribution is -0.126. The Bertz CT molecular complexity index is 1250. The fraction of sp³-hybridized carbons (Fsp3) is 0.706. The van der Waals surface area contributed by atoms with Gasteiger partial charge in [-0.1, -0.05) is 64.2 Å². The van der Waals surface area contributed by atoms with Gasteiger partial charge >= 0.3 is 12.2 Å². The Morgan fingerprint density at radius 1 is 0.812 bits per heavy atom. The summed E-state index contributed by atoms with van der Waals surface area (Å²) in [5.74, 6) is -4.23. The summed E-state index contributed by atoms with van der Waals surface area (Å²) in [5.41, 5.74) is -1.57. The number of hydrogen-bond acceptors (Lipinski definition) is 6. The van der Waals surface area contributed by atoms with Crippen LogP contribution in [-0.2, 0) is 19.1 Å². The van der Waals surface area contributed by atoms with Crippen LogP contribution < -0.4 is 21.3 Å². The molecule has 3 unspecified atom stereocenters. The van der Waals surface area contributed by atoms with E-state index in [4.69, 9.17) is 9.47 Å². The van der Waals surface area contributed by atoms with Gasteiger partial charge in [-0.25, -0.2) is 27.2 Å². The van der Waals surface area contributed by atoms with Crippen molar-refractivity contribution in [3.8, 4) is 0 Å². The van der Waals surface area contributed by atoms with Crippen LogP contribution in [-0.4, -0.2) is 55.0 Å². The Morgan fingerprint density at radius 2 is 1.38 bits per heavy atom. The first-order chi connectivity index (χ1) is 22.6. The maximum absolute atomic E-state index is 15.8. The van der Waals surface area contributed by atoms with E-state index in [1.165, 1.54) is 12.2 Å². The van der Waals surface area contributed by atoms with Crippen molar-refractivity contribution in [2.75, 3.05) is 17.2 Å². The summed E-state index contributed by atoms with van der Waals surface area (Å²) >= 11 is 0. The fourth-order valence-corrected chi connectivity index (χ4v) is 6.84. The summed E-state index contributed by atoms with van der Waals surface area (Å²) in [5, 5.41) is 9.31. The molecule has 0 saturated heterocycles. The zero-order chi connectivity index (χ0) is 35.6. The number of anilines is 2. The Hall–Kier alpha value is -3.58. The van der Waals surface area contributed by atoms with E-state index < -0.39 is 60.1 Å². The van der Waals surface area contributed by atoms with Gasteiger partial charge in [0.15, 0.2) is 0 Å². The molecule has 1 aromatic carbocycles. The Labute approximate surface area is 279 Å². The molecule has 10 nitrogen and oxygen atoms in total. The van der Waals surface area contributed by atoms with Crippen molar-refractivity contribution in [2.45, 2.75) is 129 Å². The zero-order valence-electron chi connectivity index (χ0n) is 28.4. The molecule has 0 aromatic heterocycles. The third-order valence-electron chi connectivity index (χ3n) is 9.00. The molecule has 2 aliphatic rings. The molecule has 2 saturated carbocycles. The SMILES string of the molecule is CCOC(=O)Nc1cc(NC(=O)C(NC(=O)OC(C)(C)C)C(C2CCCCC2)C2CCCCC2)c(F)cc1C(C)C(=O)NC(F)C(F)F. The second-order valence-corrected chi connectivity index (χ2v) is 13.7. The van der Waals surface area contributed by atoms with Crippen molar-refractivity contribution in [1.82, 2.24) is 10.6 Å². The van der Waals surface area contributed by atoms with Crippen LogP contribution in [0.3, 0.4) is 0 Å². The summed E-state index contributed by atoms with van der Waals surface area (Å²) in [7, 11) is 0. The number of alkyl carbamates (subject to hydrolysis) is 1. The number of benzene rings is 1. The number of halogens is 4. The van der Waals surface area contributed by atoms with Gasteiger partial charge in [0.25, 0.3) is 6.43 Å². The highest BCUT2D eigenvalue weighted by molar-refractivity contribution is 5.98. The monoisotopic (exact) mass is 686 g/mol. The molecule has 4 amide bonds. The lowest BCUT2D eigenvalue weighted by atomic mass is 9.66. The fourth-order valence-electron chi connectivity index (χ4n) is 6.84. The molecule has 14 heteroatoms. The summed E-state index contributed by atoms with van der Waals surface area (Å²) < 4.78 is 65.3. The van der Waals surface area contributed by atoms with Crippen molar-refractivity contribution in [3.63, 3.8) is 0 Å². The molecule has 0 heterocycles. The van der Waals surface area contributed by atoms with Crippen molar-refractivity contribution < 1.29 is 46.2 Å². The molecule has 48 heavy (non-hydrogen) atoms. The normalized spacial score (nSPS) is 18.1. The van der Waals surface area contributed by atoms with E-state index >= 15 is 4.39 Å². The Balaban J connectivity index is 2.02. The first-order valence-electron chi connectivity index (χ1n) is 16.9. The summed E-state index contributed by atoms with van der Waals surface area (Å²) in [6, 6.07) is 0.851. The summed E-state index contributed by atoms with van der Waals surface area (Å²) in [4.78, 5) is 52.3. The van der Waals surface area contributed by atoms with Crippen LogP contribution >= 0.6 is 0 Å². The van der Waals surface area contributed by atoms with E-state index in [2.05, 4.69) is 16.0 Å². The zero-order valence-corrected chi connectivity index (χ0v) is 28.4. The maximum atomic E-state index is 15.8. The van der Waals surface area contributed by atoms with E-state index in [9.17, 15) is 32.3 Å². The average Bonchev–Trinajstić information content (AvgIpc) is 3.02. The van der Waals surface area contributed by atoms with Gasteiger partial charge in [-0.15, -0.1) is 0 Å². The first kappa shape index (κ1) is 38.9. The predicted molar refractivity (Wildman–Crippen MR) is 173 cm³/mol. The highest BCUT2D eigenvalue weighted by Gasteiger charge is 2.42. The van der Waals surface area contributed by atoms with Gasteiger partial charge in [-0.3, -0.25) is 14.9 Å². The molecular formula is C34H50F4N4O6. The lowest BCUT2D eigenvalue weighted by Crippen LogP contribution is -2.54. The Morgan fingerprint density at radius 3 is 1.88 bits per heavy atom. The smallest absolute Gasteiger partial charge is 0.411 e. The molecule has 2 fully saturated rings. The molecule has 3 rings (SSSR count). The van der Waals surface area contributed by atoms with Gasteiger partial charge in [0, 0.05) is 0 Å². The average molecular weight is 687 g/mol. The van der Waals surface area contributed by atoms with E-state index in [0.29, 0.717) is 0 Å². The van der Waals surface area contributed by atoms with Gasteiger partial charge < -0.3 is 25.4 Å². The van der Waals surface area contributed by atoms with Crippen molar-refractivity contribution in [2.24, 2.45) is 17.8 Å². The second kappa shape index (κ2) is 17.7. The lowest BCUT2D eigenvalue weighted by Gasteiger charge is -2.42. The quantitative estimate of drug-likeness (QED) is 0.131. The first-order valence-corrected chi connectivity index (χ1v) is 16.9. The van der Waals surface area contributed by atoms with Crippen LogP contribution in [0.2, 0.25) is 0 Å². The van der Waals surface area contributed by atoms with Gasteiger partial charge in [0.2, 0.25) is 18.1 Å². The number of ether oxygens (including phenoxy) is 2. The molecule has 2 aliphatic carbocycles. The minimum atomic E-state index is -3.49. The van der Waals surface area contributed by atoms with Crippen LogP contribution in [0.1, 0.15) is 110 Å². The minimum absolute atomic E-state index is 0.0261. The highest BCUT2D eigenvalue weighted by Crippen LogP contribution is 2.42. The largest absolute Gasteiger partial charge is 0.450 e. The summed E-state index contributed by atoms with van der Waals surface area (Å²) in [6.07, 6.45) is 1.54. The van der Waals surface area contributed by atoms with Gasteiger partial charge in [-0.2, -0.15) is 0 Å². The highest BCUT2D eigenvalue weighted by atomic mass is 19.3. The number of amides is 4. The van der Waals surface area contributed by atoms with Gasteiger partial charge in [0.05, 0.1) is 23.9 Å². The van der Waals surface area contributed by atoms with Crippen LogP contribution in [0.4, 0.5) is 38.5 Å². The van der Waals surface area contributed by atoms with Crippen molar-refractivity contribution in [1.29, 1.82) is 0 Å². The second-order valence-electron chi connectivity index (χ2n) is 13.7. The van der Waals surface area contributed by atoms with Crippen LogP contribution in [0.15, 0.2) is 12.1 Å². The number of carbonyl (C=O) groups is 4. The van der Waals surface area contributed by atoms with Crippen molar-refractivity contribution >= 4 is 35.4 Å². The molecule has 270 valence electrons. The molecule has 4 N–H and O–H groups in total. The summed E-state index contributed by atoms with van der Waals surface area (Å²) in [6.45, 7) is 7.86. The molecule has 3 atom stereocenters. The van der Waals surface area contributed by atoms with Crippen LogP contribution in [0, 0.1) is 23.6 Å². The van der Waals surface area contributed by atoms with E-state index in [1.54, 1.807) is 27.7 Å². The number of hydrogen-bond donors (Lipinski definition) is 4. The van der Waals surface area contributed by atoms with Gasteiger partial charge in [-0.05, 0) is 70.1 Å². The third-order valence-corrected chi connectivity index (χ3v) is 9.00. The molecular weight excluding hydrogens is 636 g/mol. The van der Waals surface area contributed by atoms with E-state index in [1.807, 2.05) is 0 Å². The Kier molecular flexibility index (Phi) is 14.3. The van der Waals surface area contributed by atoms with Crippen LogP contribution in [0.25, 0.3) is 0 Å². The molecule has 0 bridgehead atoms. The number of alkyl halides is 3. The van der Waals surface area contributed by atoms with Crippen molar-refractivity contribution in [3.05, 3.63) is 23.5 Å². The maximum Gasteiger partial charge on any atom is 0.411 e. The standard InChI is InChI=1S/C34H50F4N4O6/c1-6-47-32(45)40-24-18-25(23(35)17-22(24)19(2)30(43)42-29(38)28(36)37)39-31(44)27(41-33(46)48-34(3,4)5)26(20-13-9-7-10-14-20)21-15-11-8-12-16-21/h17-21,26-29H,6-16H2,1-5H3,(H,39,44)(H,40,45)(H,41,46)(H,42,43). The molecule has 1 aromatic rings. The molecule has 0 spiro atoms. The minimum Gasteiger partial charge on any atom is -0.450 e. The van der Waals surface area contributed by atoms with Crippen LogP contribution in [0.5, 0.6) is 0 Å².